The number of guanidine groups is 1. The number of H-pyrrole nitrogens is 1. The summed E-state index contributed by atoms with van der Waals surface area (Å²) in [6.07, 6.45) is 2.98. The molecule has 0 bridgehead atoms. The molecule has 3 N–H and O–H groups in total. The molecule has 0 spiro atoms. The summed E-state index contributed by atoms with van der Waals surface area (Å²) in [4.78, 5) is 7.88. The Morgan fingerprint density at radius 3 is 2.62 bits per heavy atom. The molecule has 5 nitrogen and oxygen atoms in total. The van der Waals surface area contributed by atoms with Gasteiger partial charge in [-0.25, -0.2) is 0 Å². The quantitative estimate of drug-likeness (QED) is 0.227. The van der Waals surface area contributed by atoms with Gasteiger partial charge in [-0.3, -0.25) is 9.20 Å². The van der Waals surface area contributed by atoms with E-state index >= 15 is 0 Å². The highest BCUT2D eigenvalue weighted by Crippen LogP contribution is 2.17. The van der Waals surface area contributed by atoms with Crippen LogP contribution in [0, 0.1) is 0 Å². The Bertz CT molecular complexity index is 927. The van der Waals surface area contributed by atoms with Gasteiger partial charge < -0.3 is 15.6 Å². The summed E-state index contributed by atoms with van der Waals surface area (Å²) in [6, 6.07) is 18.3. The molecule has 2 aromatic carbocycles. The molecule has 156 valence electrons. The fourth-order valence-corrected chi connectivity index (χ4v) is 4.09. The number of hydrogen-bond donors (Lipinski definition) is 3. The third-order valence-corrected chi connectivity index (χ3v) is 5.76. The Morgan fingerprint density at radius 1 is 1.07 bits per heavy atom. The monoisotopic (exact) mass is 524 g/mol. The molecule has 0 saturated carbocycles. The molecular formula is C22H29IN4OS. The van der Waals surface area contributed by atoms with Crippen molar-refractivity contribution < 1.29 is 4.21 Å². The summed E-state index contributed by atoms with van der Waals surface area (Å²) >= 11 is 0. The lowest BCUT2D eigenvalue weighted by molar-refractivity contribution is 0.682. The van der Waals surface area contributed by atoms with Crippen molar-refractivity contribution in [2.24, 2.45) is 4.99 Å². The number of benzene rings is 2. The van der Waals surface area contributed by atoms with Gasteiger partial charge in [0, 0.05) is 52.5 Å². The zero-order valence-corrected chi connectivity index (χ0v) is 19.8. The van der Waals surface area contributed by atoms with Crippen molar-refractivity contribution in [2.75, 3.05) is 25.4 Å². The lowest BCUT2D eigenvalue weighted by Crippen LogP contribution is -2.38. The standard InChI is InChI=1S/C22H28N4OS.HI/c1-2-23-22(25-14-15-28(27)17-18-8-4-3-5-9-18)24-13-12-19-16-26-21-11-7-6-10-20(19)21;/h3-11,16,26H,2,12-15,17H2,1H3,(H2,23,24,25);1H. The van der Waals surface area contributed by atoms with Crippen molar-refractivity contribution in [3.63, 3.8) is 0 Å². The normalized spacial score (nSPS) is 12.4. The number of halogens is 1. The molecule has 1 atom stereocenters. The lowest BCUT2D eigenvalue weighted by Gasteiger charge is -2.11. The van der Waals surface area contributed by atoms with Crippen LogP contribution in [0.15, 0.2) is 65.8 Å². The van der Waals surface area contributed by atoms with Crippen LogP contribution in [0.4, 0.5) is 0 Å². The number of aromatic nitrogens is 1. The summed E-state index contributed by atoms with van der Waals surface area (Å²) in [5.74, 6) is 1.92. The molecule has 0 aliphatic carbocycles. The number of rotatable bonds is 9. The maximum absolute atomic E-state index is 12.2. The van der Waals surface area contributed by atoms with E-state index in [-0.39, 0.29) is 24.0 Å². The van der Waals surface area contributed by atoms with E-state index in [1.54, 1.807) is 0 Å². The van der Waals surface area contributed by atoms with Gasteiger partial charge >= 0.3 is 0 Å². The summed E-state index contributed by atoms with van der Waals surface area (Å²) in [5, 5.41) is 7.89. The Morgan fingerprint density at radius 2 is 1.83 bits per heavy atom. The first-order valence-corrected chi connectivity index (χ1v) is 11.2. The summed E-state index contributed by atoms with van der Waals surface area (Å²) in [5.41, 5.74) is 3.57. The van der Waals surface area contributed by atoms with Crippen LogP contribution < -0.4 is 10.6 Å². The van der Waals surface area contributed by atoms with Gasteiger partial charge in [-0.2, -0.15) is 0 Å². The van der Waals surface area contributed by atoms with Crippen LogP contribution in [-0.4, -0.2) is 40.5 Å². The molecule has 1 heterocycles. The second-order valence-electron chi connectivity index (χ2n) is 6.57. The Labute approximate surface area is 192 Å². The smallest absolute Gasteiger partial charge is 0.191 e. The average Bonchev–Trinajstić information content (AvgIpc) is 3.12. The molecule has 0 amide bonds. The Balaban J connectivity index is 0.00000300. The SMILES string of the molecule is CCNC(=NCCS(=O)Cc1ccccc1)NCCc1c[nH]c2ccccc12.I. The molecule has 1 aromatic heterocycles. The van der Waals surface area contributed by atoms with Crippen LogP contribution in [0.1, 0.15) is 18.1 Å². The Hall–Kier alpha value is -1.87. The number of fused-ring (bicyclic) bond motifs is 1. The van der Waals surface area contributed by atoms with Crippen molar-refractivity contribution in [2.45, 2.75) is 19.1 Å². The number of para-hydroxylation sites is 1. The second kappa shape index (κ2) is 12.6. The van der Waals surface area contributed by atoms with Crippen molar-refractivity contribution in [3.8, 4) is 0 Å². The number of nitrogens with one attached hydrogen (secondary N) is 3. The maximum Gasteiger partial charge on any atom is 0.191 e. The first-order chi connectivity index (χ1) is 13.8. The first-order valence-electron chi connectivity index (χ1n) is 9.72. The largest absolute Gasteiger partial charge is 0.361 e. The van der Waals surface area contributed by atoms with E-state index in [1.807, 2.05) is 43.3 Å². The highest BCUT2D eigenvalue weighted by atomic mass is 127. The molecule has 0 aliphatic heterocycles. The second-order valence-corrected chi connectivity index (χ2v) is 8.15. The predicted octanol–water partition coefficient (Wildman–Crippen LogP) is 3.83. The van der Waals surface area contributed by atoms with Gasteiger partial charge in [-0.15, -0.1) is 24.0 Å². The third kappa shape index (κ3) is 7.47. The van der Waals surface area contributed by atoms with E-state index < -0.39 is 10.8 Å². The number of hydrogen-bond acceptors (Lipinski definition) is 2. The van der Waals surface area contributed by atoms with Crippen molar-refractivity contribution in [1.29, 1.82) is 0 Å². The lowest BCUT2D eigenvalue weighted by atomic mass is 10.1. The zero-order valence-electron chi connectivity index (χ0n) is 16.7. The van der Waals surface area contributed by atoms with Crippen LogP contribution in [0.5, 0.6) is 0 Å². The summed E-state index contributed by atoms with van der Waals surface area (Å²) < 4.78 is 12.2. The molecular weight excluding hydrogens is 495 g/mol. The molecule has 0 saturated heterocycles. The van der Waals surface area contributed by atoms with E-state index in [0.29, 0.717) is 18.1 Å². The summed E-state index contributed by atoms with van der Waals surface area (Å²) in [6.45, 7) is 4.18. The molecule has 1 unspecified atom stereocenters. The molecule has 7 heteroatoms. The molecule has 0 fully saturated rings. The van der Waals surface area contributed by atoms with Gasteiger partial charge in [0.2, 0.25) is 0 Å². The van der Waals surface area contributed by atoms with Gasteiger partial charge in [0.1, 0.15) is 0 Å². The first kappa shape index (κ1) is 23.4. The maximum atomic E-state index is 12.2. The van der Waals surface area contributed by atoms with Gasteiger partial charge in [0.25, 0.3) is 0 Å². The van der Waals surface area contributed by atoms with Crippen LogP contribution in [-0.2, 0) is 23.0 Å². The molecule has 3 rings (SSSR count). The van der Waals surface area contributed by atoms with Gasteiger partial charge in [-0.1, -0.05) is 48.5 Å². The van der Waals surface area contributed by atoms with Crippen LogP contribution in [0.3, 0.4) is 0 Å². The summed E-state index contributed by atoms with van der Waals surface area (Å²) in [7, 11) is -0.904. The Kier molecular flexibility index (Phi) is 10.2. The fourth-order valence-electron chi connectivity index (χ4n) is 3.09. The van der Waals surface area contributed by atoms with Crippen LogP contribution in [0.2, 0.25) is 0 Å². The van der Waals surface area contributed by atoms with Crippen LogP contribution in [0.25, 0.3) is 10.9 Å². The van der Waals surface area contributed by atoms with Crippen molar-refractivity contribution >= 4 is 51.6 Å². The van der Waals surface area contributed by atoms with Crippen LogP contribution >= 0.6 is 24.0 Å². The highest BCUT2D eigenvalue weighted by molar-refractivity contribution is 14.0. The minimum Gasteiger partial charge on any atom is -0.361 e. The average molecular weight is 524 g/mol. The molecule has 0 aliphatic rings. The number of nitrogens with zero attached hydrogens (tertiary/aromatic N) is 1. The third-order valence-electron chi connectivity index (χ3n) is 4.47. The number of aromatic amines is 1. The number of aliphatic imine (C=N–C) groups is 1. The van der Waals surface area contributed by atoms with E-state index in [9.17, 15) is 4.21 Å². The minimum absolute atomic E-state index is 0. The van der Waals surface area contributed by atoms with Gasteiger partial charge in [-0.05, 0) is 30.5 Å². The predicted molar refractivity (Wildman–Crippen MR) is 135 cm³/mol. The molecule has 3 aromatic rings. The van der Waals surface area contributed by atoms with Gasteiger partial charge in [0.05, 0.1) is 6.54 Å². The van der Waals surface area contributed by atoms with Crippen molar-refractivity contribution in [3.05, 3.63) is 71.9 Å². The zero-order chi connectivity index (χ0) is 19.6. The topological polar surface area (TPSA) is 69.3 Å². The van der Waals surface area contributed by atoms with E-state index in [2.05, 4.69) is 45.0 Å². The highest BCUT2D eigenvalue weighted by Gasteiger charge is 2.04. The van der Waals surface area contributed by atoms with E-state index in [1.165, 1.54) is 16.5 Å². The van der Waals surface area contributed by atoms with Gasteiger partial charge in [0.15, 0.2) is 5.96 Å². The minimum atomic E-state index is -0.904. The van der Waals surface area contributed by atoms with E-state index in [4.69, 9.17) is 0 Å². The molecule has 0 radical (unpaired) electrons. The fraction of sp³-hybridized carbons (Fsp3) is 0.318. The van der Waals surface area contributed by atoms with Crippen molar-refractivity contribution in [1.82, 2.24) is 15.6 Å². The molecule has 29 heavy (non-hydrogen) atoms. The van der Waals surface area contributed by atoms with E-state index in [0.717, 1.165) is 31.0 Å².